The molecular formula is C12H17F2NO3S. The Balaban J connectivity index is 2.72. The lowest BCUT2D eigenvalue weighted by atomic mass is 10.3. The molecule has 4 nitrogen and oxygen atoms in total. The fraction of sp³-hybridized carbons (Fsp3) is 0.500. The van der Waals surface area contributed by atoms with E-state index in [2.05, 4.69) is 0 Å². The Hall–Kier alpha value is -1.37. The molecule has 1 aromatic carbocycles. The molecule has 0 bridgehead atoms. The molecule has 0 atom stereocenters. The van der Waals surface area contributed by atoms with Crippen LogP contribution in [-0.4, -0.2) is 25.5 Å². The van der Waals surface area contributed by atoms with Crippen molar-refractivity contribution in [3.8, 4) is 5.75 Å². The molecule has 19 heavy (non-hydrogen) atoms. The molecule has 0 saturated carbocycles. The van der Waals surface area contributed by atoms with Crippen molar-refractivity contribution in [1.29, 1.82) is 0 Å². The summed E-state index contributed by atoms with van der Waals surface area (Å²) in [4.78, 5) is 0. The van der Waals surface area contributed by atoms with E-state index in [-0.39, 0.29) is 23.8 Å². The van der Waals surface area contributed by atoms with E-state index in [0.717, 1.165) is 12.1 Å². The molecule has 0 spiro atoms. The SMILES string of the molecule is CC(C)(C)S(=O)(=O)CCOc1cc(F)c(N)cc1F. The largest absolute Gasteiger partial charge is 0.489 e. The van der Waals surface area contributed by atoms with Gasteiger partial charge < -0.3 is 10.5 Å². The van der Waals surface area contributed by atoms with Crippen molar-refractivity contribution in [3.05, 3.63) is 23.8 Å². The van der Waals surface area contributed by atoms with Crippen LogP contribution in [0.4, 0.5) is 14.5 Å². The van der Waals surface area contributed by atoms with Gasteiger partial charge in [0.15, 0.2) is 21.4 Å². The summed E-state index contributed by atoms with van der Waals surface area (Å²) in [5.41, 5.74) is 4.85. The highest BCUT2D eigenvalue weighted by molar-refractivity contribution is 7.92. The van der Waals surface area contributed by atoms with Crippen molar-refractivity contribution in [2.24, 2.45) is 0 Å². The molecule has 0 amide bonds. The van der Waals surface area contributed by atoms with Crippen molar-refractivity contribution in [2.45, 2.75) is 25.5 Å². The van der Waals surface area contributed by atoms with Crippen LogP contribution < -0.4 is 10.5 Å². The second-order valence-corrected chi connectivity index (χ2v) is 7.95. The van der Waals surface area contributed by atoms with Crippen LogP contribution in [0.5, 0.6) is 5.75 Å². The summed E-state index contributed by atoms with van der Waals surface area (Å²) in [6.45, 7) is 4.43. The first-order chi connectivity index (χ1) is 8.54. The number of benzene rings is 1. The topological polar surface area (TPSA) is 69.4 Å². The Kier molecular flexibility index (Phi) is 4.39. The zero-order chi connectivity index (χ0) is 14.8. The lowest BCUT2D eigenvalue weighted by Gasteiger charge is -2.19. The van der Waals surface area contributed by atoms with E-state index >= 15 is 0 Å². The Morgan fingerprint density at radius 2 is 1.79 bits per heavy atom. The number of nitrogens with two attached hydrogens (primary N) is 1. The quantitative estimate of drug-likeness (QED) is 0.864. The highest BCUT2D eigenvalue weighted by Crippen LogP contribution is 2.23. The Labute approximate surface area is 111 Å². The maximum Gasteiger partial charge on any atom is 0.167 e. The van der Waals surface area contributed by atoms with Crippen molar-refractivity contribution in [1.82, 2.24) is 0 Å². The fourth-order valence-corrected chi connectivity index (χ4v) is 2.14. The van der Waals surface area contributed by atoms with Crippen LogP contribution in [0.3, 0.4) is 0 Å². The van der Waals surface area contributed by atoms with Crippen molar-refractivity contribution < 1.29 is 21.9 Å². The lowest BCUT2D eigenvalue weighted by molar-refractivity contribution is 0.319. The van der Waals surface area contributed by atoms with Gasteiger partial charge in [0.05, 0.1) is 16.2 Å². The van der Waals surface area contributed by atoms with Gasteiger partial charge in [-0.2, -0.15) is 0 Å². The second-order valence-electron chi connectivity index (χ2n) is 5.08. The number of anilines is 1. The lowest BCUT2D eigenvalue weighted by Crippen LogP contribution is -2.32. The fourth-order valence-electron chi connectivity index (χ4n) is 1.22. The Morgan fingerprint density at radius 1 is 1.21 bits per heavy atom. The maximum atomic E-state index is 13.4. The van der Waals surface area contributed by atoms with Crippen LogP contribution in [0.25, 0.3) is 0 Å². The average Bonchev–Trinajstić information content (AvgIpc) is 2.23. The first-order valence-corrected chi connectivity index (χ1v) is 7.29. The number of hydrogen-bond donors (Lipinski definition) is 1. The number of nitrogen functional groups attached to an aromatic ring is 1. The van der Waals surface area contributed by atoms with Gasteiger partial charge >= 0.3 is 0 Å². The van der Waals surface area contributed by atoms with Gasteiger partial charge in [0.25, 0.3) is 0 Å². The molecule has 0 aromatic heterocycles. The molecule has 0 heterocycles. The third-order valence-electron chi connectivity index (χ3n) is 2.59. The molecule has 0 aliphatic heterocycles. The number of sulfone groups is 1. The van der Waals surface area contributed by atoms with Crippen LogP contribution >= 0.6 is 0 Å². The van der Waals surface area contributed by atoms with E-state index in [1.165, 1.54) is 0 Å². The second kappa shape index (κ2) is 5.32. The zero-order valence-corrected chi connectivity index (χ0v) is 11.9. The first kappa shape index (κ1) is 15.7. The minimum atomic E-state index is -3.36. The number of rotatable bonds is 4. The van der Waals surface area contributed by atoms with Gasteiger partial charge in [0, 0.05) is 12.1 Å². The predicted octanol–water partition coefficient (Wildman–Crippen LogP) is 2.14. The maximum absolute atomic E-state index is 13.4. The van der Waals surface area contributed by atoms with Crippen LogP contribution in [-0.2, 0) is 9.84 Å². The van der Waals surface area contributed by atoms with E-state index in [4.69, 9.17) is 10.5 Å². The summed E-state index contributed by atoms with van der Waals surface area (Å²) >= 11 is 0. The molecule has 0 radical (unpaired) electrons. The van der Waals surface area contributed by atoms with E-state index in [1.807, 2.05) is 0 Å². The summed E-state index contributed by atoms with van der Waals surface area (Å²) in [7, 11) is -3.36. The highest BCUT2D eigenvalue weighted by atomic mass is 32.2. The van der Waals surface area contributed by atoms with Crippen molar-refractivity contribution in [3.63, 3.8) is 0 Å². The molecule has 0 fully saturated rings. The molecule has 108 valence electrons. The number of halogens is 2. The molecule has 2 N–H and O–H groups in total. The Morgan fingerprint density at radius 3 is 2.32 bits per heavy atom. The van der Waals surface area contributed by atoms with Gasteiger partial charge in [0.2, 0.25) is 0 Å². The summed E-state index contributed by atoms with van der Waals surface area (Å²) in [6, 6.07) is 1.59. The van der Waals surface area contributed by atoms with Gasteiger partial charge in [-0.25, -0.2) is 17.2 Å². The van der Waals surface area contributed by atoms with Crippen LogP contribution in [0.2, 0.25) is 0 Å². The van der Waals surface area contributed by atoms with E-state index in [9.17, 15) is 17.2 Å². The molecular weight excluding hydrogens is 276 g/mol. The summed E-state index contributed by atoms with van der Waals surface area (Å²) < 4.78 is 54.1. The van der Waals surface area contributed by atoms with E-state index in [1.54, 1.807) is 20.8 Å². The van der Waals surface area contributed by atoms with Crippen molar-refractivity contribution in [2.75, 3.05) is 18.1 Å². The minimum absolute atomic E-state index is 0.250. The van der Waals surface area contributed by atoms with E-state index < -0.39 is 26.2 Å². The van der Waals surface area contributed by atoms with Gasteiger partial charge in [-0.3, -0.25) is 0 Å². The van der Waals surface area contributed by atoms with E-state index in [0.29, 0.717) is 0 Å². The molecule has 7 heteroatoms. The smallest absolute Gasteiger partial charge is 0.167 e. The normalized spacial score (nSPS) is 12.5. The summed E-state index contributed by atoms with van der Waals surface area (Å²) in [5, 5.41) is 0. The zero-order valence-electron chi connectivity index (χ0n) is 11.0. The third kappa shape index (κ3) is 3.79. The van der Waals surface area contributed by atoms with Crippen LogP contribution in [0, 0.1) is 11.6 Å². The minimum Gasteiger partial charge on any atom is -0.489 e. The molecule has 0 unspecified atom stereocenters. The van der Waals surface area contributed by atoms with Gasteiger partial charge in [-0.15, -0.1) is 0 Å². The first-order valence-electron chi connectivity index (χ1n) is 5.64. The number of ether oxygens (including phenoxy) is 1. The standard InChI is InChI=1S/C12H17F2NO3S/c1-12(2,3)19(16,17)5-4-18-11-7-8(13)10(15)6-9(11)14/h6-7H,4-5,15H2,1-3H3. The van der Waals surface area contributed by atoms with Crippen molar-refractivity contribution >= 4 is 15.5 Å². The molecule has 1 rings (SSSR count). The molecule has 0 aliphatic rings. The number of hydrogen-bond acceptors (Lipinski definition) is 4. The third-order valence-corrected chi connectivity index (χ3v) is 5.16. The average molecular weight is 293 g/mol. The highest BCUT2D eigenvalue weighted by Gasteiger charge is 2.28. The molecule has 0 saturated heterocycles. The predicted molar refractivity (Wildman–Crippen MR) is 69.8 cm³/mol. The monoisotopic (exact) mass is 293 g/mol. The van der Waals surface area contributed by atoms with Crippen LogP contribution in [0.1, 0.15) is 20.8 Å². The Bertz CT molecular complexity index is 565. The van der Waals surface area contributed by atoms with Gasteiger partial charge in [-0.05, 0) is 20.8 Å². The van der Waals surface area contributed by atoms with Crippen LogP contribution in [0.15, 0.2) is 12.1 Å². The molecule has 1 aromatic rings. The summed E-state index contributed by atoms with van der Waals surface area (Å²) in [5.74, 6) is -2.26. The van der Waals surface area contributed by atoms with Gasteiger partial charge in [0.1, 0.15) is 12.4 Å². The molecule has 0 aliphatic carbocycles. The summed E-state index contributed by atoms with van der Waals surface area (Å²) in [6.07, 6.45) is 0. The van der Waals surface area contributed by atoms with Gasteiger partial charge in [-0.1, -0.05) is 0 Å².